The highest BCUT2D eigenvalue weighted by Gasteiger charge is 2.35. The summed E-state index contributed by atoms with van der Waals surface area (Å²) in [6, 6.07) is 20.3. The lowest BCUT2D eigenvalue weighted by atomic mass is 10.0. The second-order valence-electron chi connectivity index (χ2n) is 9.69. The Hall–Kier alpha value is -4.14. The standard InChI is InChI=1S/C30H22N4O2S2/c1-15-5-7-18(8-6-15)23-25-27(33(3)29(23)35)32-26-24(30(36)34(4)28(26)31-25)19-11-9-17(10-12-19)20-14-22-21(38-20)13-16(2)37-22/h5-14H,1-4H3. The van der Waals surface area contributed by atoms with Gasteiger partial charge >= 0.3 is 0 Å². The van der Waals surface area contributed by atoms with Gasteiger partial charge in [-0.25, -0.2) is 9.97 Å². The summed E-state index contributed by atoms with van der Waals surface area (Å²) in [7, 11) is 3.40. The summed E-state index contributed by atoms with van der Waals surface area (Å²) in [4.78, 5) is 41.9. The Morgan fingerprint density at radius 3 is 1.63 bits per heavy atom. The first-order valence-corrected chi connectivity index (χ1v) is 13.8. The predicted octanol–water partition coefficient (Wildman–Crippen LogP) is 4.39. The van der Waals surface area contributed by atoms with E-state index >= 15 is 0 Å². The van der Waals surface area contributed by atoms with Gasteiger partial charge in [0.15, 0.2) is 11.6 Å². The van der Waals surface area contributed by atoms with Gasteiger partial charge in [-0.2, -0.15) is 0 Å². The minimum atomic E-state index is -0.158. The van der Waals surface area contributed by atoms with Crippen LogP contribution in [0.5, 0.6) is 0 Å². The van der Waals surface area contributed by atoms with Crippen molar-refractivity contribution >= 4 is 66.7 Å². The number of hydrogen-bond acceptors (Lipinski definition) is 6. The first-order valence-electron chi connectivity index (χ1n) is 12.2. The molecular formula is C30H22N4O2S2. The molecule has 0 saturated heterocycles. The molecule has 3 aromatic heterocycles. The first kappa shape index (κ1) is 23.0. The van der Waals surface area contributed by atoms with E-state index in [1.54, 1.807) is 36.8 Å². The summed E-state index contributed by atoms with van der Waals surface area (Å²) >= 11 is 3.58. The van der Waals surface area contributed by atoms with Gasteiger partial charge in [0.25, 0.3) is 11.8 Å². The molecule has 0 bridgehead atoms. The van der Waals surface area contributed by atoms with E-state index in [2.05, 4.69) is 31.2 Å². The van der Waals surface area contributed by atoms with E-state index in [1.807, 2.05) is 43.3 Å². The van der Waals surface area contributed by atoms with Crippen LogP contribution in [0, 0.1) is 13.8 Å². The summed E-state index contributed by atoms with van der Waals surface area (Å²) in [5, 5.41) is 1.00. The van der Waals surface area contributed by atoms with Crippen LogP contribution in [0.3, 0.4) is 0 Å². The van der Waals surface area contributed by atoms with Crippen molar-refractivity contribution in [1.29, 1.82) is 0 Å². The van der Waals surface area contributed by atoms with Crippen LogP contribution >= 0.6 is 22.7 Å². The molecule has 6 nitrogen and oxygen atoms in total. The molecule has 5 heterocycles. The molecule has 5 aromatic rings. The molecule has 0 radical (unpaired) electrons. The van der Waals surface area contributed by atoms with Gasteiger partial charge in [-0.15, -0.1) is 22.7 Å². The smallest absolute Gasteiger partial charge is 0.262 e. The molecule has 2 aromatic carbocycles. The van der Waals surface area contributed by atoms with Crippen molar-refractivity contribution in [3.8, 4) is 10.4 Å². The maximum absolute atomic E-state index is 13.4. The molecule has 0 fully saturated rings. The Bertz CT molecular complexity index is 1920. The number of amides is 2. The Morgan fingerprint density at radius 1 is 0.632 bits per heavy atom. The number of aromatic nitrogens is 2. The Labute approximate surface area is 226 Å². The second-order valence-corrected chi connectivity index (χ2v) is 12.1. The van der Waals surface area contributed by atoms with E-state index in [0.717, 1.165) is 22.3 Å². The van der Waals surface area contributed by atoms with Crippen LogP contribution in [-0.2, 0) is 9.59 Å². The van der Waals surface area contributed by atoms with Crippen molar-refractivity contribution in [1.82, 2.24) is 9.97 Å². The number of hydrogen-bond donors (Lipinski definition) is 0. The van der Waals surface area contributed by atoms with Crippen molar-refractivity contribution in [2.45, 2.75) is 13.8 Å². The summed E-state index contributed by atoms with van der Waals surface area (Å²) in [5.74, 6) is 0.623. The molecule has 2 aliphatic heterocycles. The molecule has 8 heteroatoms. The number of rotatable bonds is 3. The monoisotopic (exact) mass is 534 g/mol. The number of benzene rings is 2. The van der Waals surface area contributed by atoms with Crippen LogP contribution in [0.15, 0.2) is 60.7 Å². The molecule has 38 heavy (non-hydrogen) atoms. The highest BCUT2D eigenvalue weighted by Crippen LogP contribution is 2.38. The molecule has 0 spiro atoms. The van der Waals surface area contributed by atoms with E-state index < -0.39 is 0 Å². The van der Waals surface area contributed by atoms with Gasteiger partial charge in [0.05, 0.1) is 11.1 Å². The normalized spacial score (nSPS) is 14.7. The predicted molar refractivity (Wildman–Crippen MR) is 154 cm³/mol. The summed E-state index contributed by atoms with van der Waals surface area (Å²) in [5.41, 5.74) is 4.79. The van der Waals surface area contributed by atoms with Crippen LogP contribution in [0.1, 0.15) is 21.6 Å². The fraction of sp³-hybridized carbons (Fsp3) is 0.133. The first-order chi connectivity index (χ1) is 18.3. The third-order valence-corrected chi connectivity index (χ3v) is 9.39. The highest BCUT2D eigenvalue weighted by atomic mass is 32.1. The lowest BCUT2D eigenvalue weighted by molar-refractivity contribution is -0.113. The van der Waals surface area contributed by atoms with E-state index in [4.69, 9.17) is 9.97 Å². The van der Waals surface area contributed by atoms with Gasteiger partial charge < -0.3 is 0 Å². The minimum absolute atomic E-state index is 0.154. The zero-order valence-corrected chi connectivity index (χ0v) is 22.8. The van der Waals surface area contributed by atoms with Gasteiger partial charge in [0, 0.05) is 33.2 Å². The lowest BCUT2D eigenvalue weighted by Gasteiger charge is -2.11. The lowest BCUT2D eigenvalue weighted by Crippen LogP contribution is -2.29. The van der Waals surface area contributed by atoms with Crippen LogP contribution in [0.25, 0.3) is 31.0 Å². The Kier molecular flexibility index (Phi) is 4.95. The van der Waals surface area contributed by atoms with Crippen molar-refractivity contribution in [3.05, 3.63) is 92.9 Å². The van der Waals surface area contributed by atoms with E-state index in [-0.39, 0.29) is 11.8 Å². The molecule has 0 N–H and O–H groups in total. The molecule has 0 saturated carbocycles. The number of likely N-dealkylation sites (N-methyl/N-ethyl adjacent to an activating group) is 2. The van der Waals surface area contributed by atoms with E-state index in [0.29, 0.717) is 33.5 Å². The topological polar surface area (TPSA) is 66.4 Å². The Balaban J connectivity index is 1.37. The maximum Gasteiger partial charge on any atom is 0.262 e. The fourth-order valence-corrected chi connectivity index (χ4v) is 7.41. The van der Waals surface area contributed by atoms with E-state index in [1.165, 1.54) is 29.0 Å². The van der Waals surface area contributed by atoms with Gasteiger partial charge in [0.2, 0.25) is 0 Å². The van der Waals surface area contributed by atoms with Gasteiger partial charge in [-0.05, 0) is 42.7 Å². The zero-order chi connectivity index (χ0) is 26.3. The average Bonchev–Trinajstić information content (AvgIpc) is 3.59. The van der Waals surface area contributed by atoms with Crippen LogP contribution in [0.4, 0.5) is 11.6 Å². The third kappa shape index (κ3) is 3.30. The van der Waals surface area contributed by atoms with Crippen LogP contribution in [0.2, 0.25) is 0 Å². The SMILES string of the molecule is Cc1ccc(C2=c3nc4c(nc3N(C)C2=O)=C(c2ccc(-c3cc5sc(C)cc5s3)cc2)C(=O)N4C)cc1. The summed E-state index contributed by atoms with van der Waals surface area (Å²) in [6.07, 6.45) is 0. The molecule has 2 amide bonds. The van der Waals surface area contributed by atoms with Crippen LogP contribution in [-0.4, -0.2) is 35.9 Å². The number of anilines is 2. The molecule has 0 atom stereocenters. The van der Waals surface area contributed by atoms with Gasteiger partial charge in [-0.3, -0.25) is 19.4 Å². The zero-order valence-electron chi connectivity index (χ0n) is 21.2. The molecule has 7 rings (SSSR count). The fourth-order valence-electron chi connectivity index (χ4n) is 5.09. The number of nitrogens with zero attached hydrogens (tertiary/aromatic N) is 4. The largest absolute Gasteiger partial charge is 0.294 e. The Morgan fingerprint density at radius 2 is 1.11 bits per heavy atom. The van der Waals surface area contributed by atoms with Gasteiger partial charge in [0.1, 0.15) is 10.7 Å². The van der Waals surface area contributed by atoms with Crippen molar-refractivity contribution in [2.75, 3.05) is 23.9 Å². The van der Waals surface area contributed by atoms with Crippen molar-refractivity contribution < 1.29 is 9.59 Å². The number of thiophene rings is 2. The number of fused-ring (bicyclic) bond motifs is 3. The van der Waals surface area contributed by atoms with Crippen molar-refractivity contribution in [3.63, 3.8) is 0 Å². The summed E-state index contributed by atoms with van der Waals surface area (Å²) < 4.78 is 2.60. The number of aryl methyl sites for hydroxylation is 2. The molecule has 0 aliphatic carbocycles. The van der Waals surface area contributed by atoms with Gasteiger partial charge in [-0.1, -0.05) is 54.1 Å². The average molecular weight is 535 g/mol. The van der Waals surface area contributed by atoms with Crippen molar-refractivity contribution in [2.24, 2.45) is 0 Å². The van der Waals surface area contributed by atoms with Crippen LogP contribution < -0.4 is 20.5 Å². The number of carbonyl (C=O) groups is 2. The number of carbonyl (C=O) groups excluding carboxylic acids is 2. The third-order valence-electron chi connectivity index (χ3n) is 7.13. The molecule has 0 unspecified atom stereocenters. The van der Waals surface area contributed by atoms with E-state index in [9.17, 15) is 9.59 Å². The quantitative estimate of drug-likeness (QED) is 0.345. The summed E-state index contributed by atoms with van der Waals surface area (Å²) in [6.45, 7) is 4.13. The molecule has 2 aliphatic rings. The maximum atomic E-state index is 13.4. The minimum Gasteiger partial charge on any atom is -0.294 e. The molecule has 186 valence electrons. The second kappa shape index (κ2) is 8.18. The highest BCUT2D eigenvalue weighted by molar-refractivity contribution is 7.29. The molecular weight excluding hydrogens is 512 g/mol.